The maximum absolute atomic E-state index is 3.50. The summed E-state index contributed by atoms with van der Waals surface area (Å²) in [6.07, 6.45) is 8.59. The topological polar surface area (TPSA) is 42.3 Å². The molecule has 0 N–H and O–H groups in total. The third-order valence-corrected chi connectivity index (χ3v) is 1.34. The minimum absolute atomic E-state index is 0. The fraction of sp³-hybridized carbons (Fsp3) is 0.714. The Morgan fingerprint density at radius 3 is 1.39 bits per heavy atom. The van der Waals surface area contributed by atoms with Gasteiger partial charge in [-0.2, -0.15) is 48.4 Å². The van der Waals surface area contributed by atoms with E-state index >= 15 is 0 Å². The Morgan fingerprint density at radius 2 is 1.28 bits per heavy atom. The molecule has 0 unspecified atom stereocenters. The van der Waals surface area contributed by atoms with Crippen LogP contribution >= 0.6 is 0 Å². The van der Waals surface area contributed by atoms with Crippen LogP contribution in [0.15, 0.2) is 17.7 Å². The number of hydrogen-bond donors (Lipinski definition) is 0. The average molecular weight is 331 g/mol. The van der Waals surface area contributed by atoms with Crippen molar-refractivity contribution >= 4 is 0 Å². The summed E-state index contributed by atoms with van der Waals surface area (Å²) < 4.78 is 0. The minimum atomic E-state index is 0. The fourth-order valence-electron chi connectivity index (χ4n) is 0.818. The predicted octanol–water partition coefficient (Wildman–Crippen LogP) is 4.19. The van der Waals surface area contributed by atoms with E-state index in [2.05, 4.69) is 48.0 Å². The van der Waals surface area contributed by atoms with E-state index < -0.39 is 0 Å². The van der Waals surface area contributed by atoms with Crippen molar-refractivity contribution in [1.82, 2.24) is 0 Å². The summed E-state index contributed by atoms with van der Waals surface area (Å²) in [5, 5.41) is 10.5. The SMILES string of the molecule is CC(C)C1=[C-]CC=C1.C[N-]C.C[N-]C.C[N-]C.[Zr+4]. The van der Waals surface area contributed by atoms with Gasteiger partial charge in [0.1, 0.15) is 0 Å². The van der Waals surface area contributed by atoms with Crippen molar-refractivity contribution in [3.8, 4) is 0 Å². The summed E-state index contributed by atoms with van der Waals surface area (Å²) in [5.41, 5.74) is 1.37. The molecule has 3 nitrogen and oxygen atoms in total. The summed E-state index contributed by atoms with van der Waals surface area (Å²) in [4.78, 5) is 0. The second-order valence-corrected chi connectivity index (χ2v) is 3.73. The van der Waals surface area contributed by atoms with Crippen molar-refractivity contribution < 1.29 is 26.2 Å². The van der Waals surface area contributed by atoms with Crippen molar-refractivity contribution in [2.45, 2.75) is 20.3 Å². The largest absolute Gasteiger partial charge is 4.00 e. The molecule has 1 rings (SSSR count). The van der Waals surface area contributed by atoms with Gasteiger partial charge in [0.05, 0.1) is 0 Å². The molecular formula is C14H29N3Zr. The molecule has 0 bridgehead atoms. The van der Waals surface area contributed by atoms with Crippen LogP contribution in [0.2, 0.25) is 0 Å². The molecule has 0 radical (unpaired) electrons. The molecule has 4 heteroatoms. The van der Waals surface area contributed by atoms with E-state index in [4.69, 9.17) is 0 Å². The predicted molar refractivity (Wildman–Crippen MR) is 81.0 cm³/mol. The smallest absolute Gasteiger partial charge is 0.668 e. The van der Waals surface area contributed by atoms with Gasteiger partial charge in [0.2, 0.25) is 0 Å². The zero-order chi connectivity index (χ0) is 14.1. The van der Waals surface area contributed by atoms with Gasteiger partial charge in [-0.15, -0.1) is 6.42 Å². The molecule has 104 valence electrons. The van der Waals surface area contributed by atoms with Gasteiger partial charge in [-0.25, -0.2) is 11.6 Å². The molecule has 1 aliphatic rings. The standard InChI is InChI=1S/C8H11.3C2H6N.Zr/c1-7(2)8-5-3-4-6-8;3*1-3-2;/h3,5,7H,4H2,1-2H3;3*1-2H3;/q4*-1;+4. The fourth-order valence-corrected chi connectivity index (χ4v) is 0.818. The van der Waals surface area contributed by atoms with Crippen molar-refractivity contribution in [1.29, 1.82) is 0 Å². The number of rotatable bonds is 1. The van der Waals surface area contributed by atoms with Crippen LogP contribution in [0, 0.1) is 12.0 Å². The Hall–Kier alpha value is 0.243. The first-order valence-electron chi connectivity index (χ1n) is 5.76. The maximum atomic E-state index is 3.50. The van der Waals surface area contributed by atoms with Gasteiger partial charge >= 0.3 is 26.2 Å². The van der Waals surface area contributed by atoms with E-state index in [-0.39, 0.29) is 26.2 Å². The molecule has 0 fully saturated rings. The van der Waals surface area contributed by atoms with Crippen molar-refractivity contribution in [2.75, 3.05) is 42.3 Å². The minimum Gasteiger partial charge on any atom is -0.668 e. The van der Waals surface area contributed by atoms with E-state index in [1.54, 1.807) is 42.3 Å². The summed E-state index contributed by atoms with van der Waals surface area (Å²) in [6.45, 7) is 4.38. The van der Waals surface area contributed by atoms with Crippen LogP contribution < -0.4 is 0 Å². The van der Waals surface area contributed by atoms with E-state index in [9.17, 15) is 0 Å². The molecule has 0 saturated carbocycles. The first-order chi connectivity index (χ1) is 8.05. The van der Waals surface area contributed by atoms with Crippen molar-refractivity contribution in [3.05, 3.63) is 39.8 Å². The Labute approximate surface area is 134 Å². The number of allylic oxidation sites excluding steroid dienone is 4. The van der Waals surface area contributed by atoms with Crippen LogP contribution in [-0.4, -0.2) is 42.3 Å². The molecule has 0 atom stereocenters. The van der Waals surface area contributed by atoms with Crippen LogP contribution in [0.5, 0.6) is 0 Å². The van der Waals surface area contributed by atoms with Crippen molar-refractivity contribution in [2.24, 2.45) is 5.92 Å². The van der Waals surface area contributed by atoms with E-state index in [1.807, 2.05) is 0 Å². The Bertz CT molecular complexity index is 173. The third kappa shape index (κ3) is 29.9. The molecule has 0 aromatic rings. The summed E-state index contributed by atoms with van der Waals surface area (Å²) in [5.74, 6) is 0.661. The Balaban J connectivity index is -0.0000000840. The molecule has 0 aromatic heterocycles. The van der Waals surface area contributed by atoms with Gasteiger partial charge in [0.15, 0.2) is 0 Å². The summed E-state index contributed by atoms with van der Waals surface area (Å²) >= 11 is 0. The molecule has 0 aromatic carbocycles. The zero-order valence-electron chi connectivity index (χ0n) is 13.3. The Morgan fingerprint density at radius 1 is 0.944 bits per heavy atom. The number of hydrogen-bond acceptors (Lipinski definition) is 0. The first-order valence-corrected chi connectivity index (χ1v) is 5.76. The second kappa shape index (κ2) is 25.9. The van der Waals surface area contributed by atoms with Gasteiger partial charge in [-0.05, 0) is 0 Å². The average Bonchev–Trinajstić information content (AvgIpc) is 2.73. The second-order valence-electron chi connectivity index (χ2n) is 3.73. The van der Waals surface area contributed by atoms with Gasteiger partial charge in [-0.3, -0.25) is 6.08 Å². The molecular weight excluding hydrogens is 301 g/mol. The van der Waals surface area contributed by atoms with Crippen molar-refractivity contribution in [3.63, 3.8) is 0 Å². The van der Waals surface area contributed by atoms with Crippen LogP contribution in [0.1, 0.15) is 20.3 Å². The normalized spacial score (nSPS) is 10.8. The zero-order valence-corrected chi connectivity index (χ0v) is 15.7. The van der Waals surface area contributed by atoms with E-state index in [0.717, 1.165) is 6.42 Å². The quantitative estimate of drug-likeness (QED) is 0.647. The molecule has 1 aliphatic carbocycles. The third-order valence-electron chi connectivity index (χ3n) is 1.34. The van der Waals surface area contributed by atoms with E-state index in [0.29, 0.717) is 5.92 Å². The van der Waals surface area contributed by atoms with Gasteiger partial charge in [0, 0.05) is 0 Å². The van der Waals surface area contributed by atoms with Crippen LogP contribution in [-0.2, 0) is 26.2 Å². The summed E-state index contributed by atoms with van der Waals surface area (Å²) in [7, 11) is 10.5. The van der Waals surface area contributed by atoms with Gasteiger partial charge < -0.3 is 16.0 Å². The Kier molecular flexibility index (Phi) is 38.5. The molecule has 0 heterocycles. The molecule has 0 spiro atoms. The van der Waals surface area contributed by atoms with Crippen LogP contribution in [0.4, 0.5) is 0 Å². The maximum Gasteiger partial charge on any atom is 4.00 e. The first kappa shape index (κ1) is 26.7. The van der Waals surface area contributed by atoms with Gasteiger partial charge in [0.25, 0.3) is 0 Å². The number of nitrogens with zero attached hydrogens (tertiary/aromatic N) is 3. The molecule has 0 amide bonds. The monoisotopic (exact) mass is 329 g/mol. The molecule has 18 heavy (non-hydrogen) atoms. The molecule has 0 saturated heterocycles. The summed E-state index contributed by atoms with van der Waals surface area (Å²) in [6, 6.07) is 0. The van der Waals surface area contributed by atoms with E-state index in [1.165, 1.54) is 5.57 Å². The van der Waals surface area contributed by atoms with Gasteiger partial charge in [-0.1, -0.05) is 19.8 Å². The molecule has 0 aliphatic heterocycles. The van der Waals surface area contributed by atoms with Crippen LogP contribution in [0.25, 0.3) is 16.0 Å². The van der Waals surface area contributed by atoms with Crippen LogP contribution in [0.3, 0.4) is 0 Å².